The molecule has 0 fully saturated rings. The van der Waals surface area contributed by atoms with Crippen LogP contribution in [-0.4, -0.2) is 32.5 Å². The highest BCUT2D eigenvalue weighted by Crippen LogP contribution is 2.26. The monoisotopic (exact) mass is 226 g/mol. The van der Waals surface area contributed by atoms with Crippen LogP contribution >= 0.6 is 0 Å². The molecular weight excluding hydrogens is 212 g/mol. The average Bonchev–Trinajstić information content (AvgIpc) is 2.26. The molecule has 1 aromatic rings. The fourth-order valence-electron chi connectivity index (χ4n) is 1.42. The summed E-state index contributed by atoms with van der Waals surface area (Å²) in [6.45, 7) is 1.66. The number of hydrogen-bond donors (Lipinski definition) is 4. The smallest absolute Gasteiger partial charge is 0.336 e. The summed E-state index contributed by atoms with van der Waals surface area (Å²) >= 11 is 0. The summed E-state index contributed by atoms with van der Waals surface area (Å²) in [6.07, 6.45) is -2.08. The van der Waals surface area contributed by atoms with Crippen LogP contribution in [0.2, 0.25) is 0 Å². The second-order valence-electron chi connectivity index (χ2n) is 3.50. The van der Waals surface area contributed by atoms with Crippen LogP contribution in [0.1, 0.15) is 35.4 Å². The van der Waals surface area contributed by atoms with Crippen LogP contribution in [0.3, 0.4) is 0 Å². The van der Waals surface area contributed by atoms with Crippen molar-refractivity contribution >= 4 is 5.97 Å². The van der Waals surface area contributed by atoms with Crippen LogP contribution in [0, 0.1) is 0 Å². The summed E-state index contributed by atoms with van der Waals surface area (Å²) in [7, 11) is 0. The van der Waals surface area contributed by atoms with Crippen LogP contribution in [0.4, 0.5) is 0 Å². The molecule has 16 heavy (non-hydrogen) atoms. The molecule has 4 N–H and O–H groups in total. The Balaban J connectivity index is 3.19. The first-order valence-corrected chi connectivity index (χ1v) is 4.89. The van der Waals surface area contributed by atoms with E-state index in [4.69, 9.17) is 5.11 Å². The van der Waals surface area contributed by atoms with Gasteiger partial charge in [0, 0.05) is 5.56 Å². The van der Waals surface area contributed by atoms with Gasteiger partial charge in [0.2, 0.25) is 0 Å². The number of aliphatic hydroxyl groups excluding tert-OH is 2. The van der Waals surface area contributed by atoms with Crippen LogP contribution < -0.4 is 0 Å². The van der Waals surface area contributed by atoms with Gasteiger partial charge in [0.15, 0.2) is 0 Å². The maximum absolute atomic E-state index is 10.9. The summed E-state index contributed by atoms with van der Waals surface area (Å²) in [4.78, 5) is 10.9. The van der Waals surface area contributed by atoms with E-state index < -0.39 is 18.2 Å². The van der Waals surface area contributed by atoms with Crippen molar-refractivity contribution in [3.05, 3.63) is 29.3 Å². The quantitative estimate of drug-likeness (QED) is 0.611. The van der Waals surface area contributed by atoms with E-state index in [0.717, 1.165) is 6.07 Å². The van der Waals surface area contributed by atoms with E-state index in [0.29, 0.717) is 0 Å². The van der Waals surface area contributed by atoms with Crippen molar-refractivity contribution in [2.75, 3.05) is 0 Å². The zero-order chi connectivity index (χ0) is 12.3. The van der Waals surface area contributed by atoms with E-state index >= 15 is 0 Å². The molecule has 0 bridgehead atoms. The van der Waals surface area contributed by atoms with Gasteiger partial charge in [-0.15, -0.1) is 0 Å². The minimum Gasteiger partial charge on any atom is -0.508 e. The van der Waals surface area contributed by atoms with Crippen molar-refractivity contribution in [1.82, 2.24) is 0 Å². The highest BCUT2D eigenvalue weighted by Gasteiger charge is 2.22. The summed E-state index contributed by atoms with van der Waals surface area (Å²) < 4.78 is 0. The average molecular weight is 226 g/mol. The van der Waals surface area contributed by atoms with E-state index in [1.165, 1.54) is 12.1 Å². The molecule has 0 saturated carbocycles. The zero-order valence-corrected chi connectivity index (χ0v) is 8.79. The lowest BCUT2D eigenvalue weighted by Gasteiger charge is -2.18. The number of hydrogen-bond acceptors (Lipinski definition) is 4. The minimum absolute atomic E-state index is 0.0156. The Labute approximate surface area is 92.6 Å². The summed E-state index contributed by atoms with van der Waals surface area (Å²) in [5.74, 6) is -1.36. The molecule has 0 aliphatic carbocycles. The number of aromatic hydroxyl groups is 1. The van der Waals surface area contributed by atoms with Crippen molar-refractivity contribution in [1.29, 1.82) is 0 Å². The van der Waals surface area contributed by atoms with Gasteiger partial charge < -0.3 is 20.4 Å². The topological polar surface area (TPSA) is 98.0 Å². The molecule has 0 aromatic heterocycles. The van der Waals surface area contributed by atoms with Crippen LogP contribution in [0.5, 0.6) is 5.75 Å². The predicted molar refractivity (Wildman–Crippen MR) is 56.3 cm³/mol. The summed E-state index contributed by atoms with van der Waals surface area (Å²) in [6, 6.07) is 3.56. The molecule has 5 heteroatoms. The maximum Gasteiger partial charge on any atom is 0.336 e. The molecule has 0 aliphatic rings. The standard InChI is InChI=1S/C11H14O5/c1-2-9(13)10(14)8-5-6(12)3-4-7(8)11(15)16/h3-5,9-10,12-14H,2H2,1H3,(H,15,16). The number of aromatic carboxylic acids is 1. The number of carbonyl (C=O) groups is 1. The Morgan fingerprint density at radius 2 is 2.00 bits per heavy atom. The molecule has 0 radical (unpaired) electrons. The van der Waals surface area contributed by atoms with E-state index in [1.807, 2.05) is 0 Å². The van der Waals surface area contributed by atoms with Crippen LogP contribution in [-0.2, 0) is 0 Å². The Hall–Kier alpha value is -1.59. The Kier molecular flexibility index (Phi) is 3.87. The highest BCUT2D eigenvalue weighted by molar-refractivity contribution is 5.89. The predicted octanol–water partition coefficient (Wildman–Crippen LogP) is 0.895. The first kappa shape index (κ1) is 12.5. The second kappa shape index (κ2) is 4.96. The lowest BCUT2D eigenvalue weighted by Crippen LogP contribution is -2.19. The largest absolute Gasteiger partial charge is 0.508 e. The maximum atomic E-state index is 10.9. The number of rotatable bonds is 4. The van der Waals surface area contributed by atoms with Gasteiger partial charge in [-0.05, 0) is 24.6 Å². The van der Waals surface area contributed by atoms with Crippen molar-refractivity contribution in [3.63, 3.8) is 0 Å². The number of carboxylic acid groups (broad SMARTS) is 1. The molecule has 2 unspecified atom stereocenters. The highest BCUT2D eigenvalue weighted by atomic mass is 16.4. The van der Waals surface area contributed by atoms with Gasteiger partial charge in [-0.25, -0.2) is 4.79 Å². The summed E-state index contributed by atoms with van der Waals surface area (Å²) in [5, 5.41) is 37.3. The van der Waals surface area contributed by atoms with Gasteiger partial charge in [0.25, 0.3) is 0 Å². The van der Waals surface area contributed by atoms with Crippen molar-refractivity contribution in [3.8, 4) is 5.75 Å². The SMILES string of the molecule is CCC(O)C(O)c1cc(O)ccc1C(=O)O. The molecule has 0 aliphatic heterocycles. The number of benzene rings is 1. The van der Waals surface area contributed by atoms with Gasteiger partial charge >= 0.3 is 5.97 Å². The Bertz CT molecular complexity index is 388. The van der Waals surface area contributed by atoms with Crippen molar-refractivity contribution in [2.45, 2.75) is 25.6 Å². The van der Waals surface area contributed by atoms with Crippen molar-refractivity contribution < 1.29 is 25.2 Å². The van der Waals surface area contributed by atoms with E-state index in [2.05, 4.69) is 0 Å². The molecule has 0 amide bonds. The molecule has 0 saturated heterocycles. The van der Waals surface area contributed by atoms with Gasteiger partial charge in [0.1, 0.15) is 11.9 Å². The lowest BCUT2D eigenvalue weighted by molar-refractivity contribution is 0.0154. The van der Waals surface area contributed by atoms with E-state index in [1.54, 1.807) is 6.92 Å². The number of carboxylic acids is 1. The van der Waals surface area contributed by atoms with Gasteiger partial charge in [-0.3, -0.25) is 0 Å². The molecule has 2 atom stereocenters. The van der Waals surface area contributed by atoms with Crippen LogP contribution in [0.15, 0.2) is 18.2 Å². The Morgan fingerprint density at radius 3 is 2.50 bits per heavy atom. The number of phenolic OH excluding ortho intramolecular Hbond substituents is 1. The first-order chi connectivity index (χ1) is 7.47. The van der Waals surface area contributed by atoms with Gasteiger partial charge in [-0.2, -0.15) is 0 Å². The van der Waals surface area contributed by atoms with E-state index in [9.17, 15) is 20.1 Å². The first-order valence-electron chi connectivity index (χ1n) is 4.89. The number of phenols is 1. The van der Waals surface area contributed by atoms with Crippen LogP contribution in [0.25, 0.3) is 0 Å². The van der Waals surface area contributed by atoms with Gasteiger partial charge in [0.05, 0.1) is 11.7 Å². The molecule has 1 aromatic carbocycles. The molecule has 5 nitrogen and oxygen atoms in total. The fraction of sp³-hybridized carbons (Fsp3) is 0.364. The molecule has 88 valence electrons. The number of aliphatic hydroxyl groups is 2. The third-order valence-electron chi connectivity index (χ3n) is 2.37. The van der Waals surface area contributed by atoms with Gasteiger partial charge in [-0.1, -0.05) is 6.92 Å². The molecule has 0 heterocycles. The molecule has 0 spiro atoms. The fourth-order valence-corrected chi connectivity index (χ4v) is 1.42. The minimum atomic E-state index is -1.32. The van der Waals surface area contributed by atoms with E-state index in [-0.39, 0.29) is 23.3 Å². The van der Waals surface area contributed by atoms with Crippen molar-refractivity contribution in [2.24, 2.45) is 0 Å². The zero-order valence-electron chi connectivity index (χ0n) is 8.79. The summed E-state index contributed by atoms with van der Waals surface area (Å²) in [5.41, 5.74) is -0.111. The third-order valence-corrected chi connectivity index (χ3v) is 2.37. The third kappa shape index (κ3) is 2.50. The second-order valence-corrected chi connectivity index (χ2v) is 3.50. The normalized spacial score (nSPS) is 14.4. The Morgan fingerprint density at radius 1 is 1.38 bits per heavy atom. The lowest BCUT2D eigenvalue weighted by atomic mass is 9.97. The molecular formula is C11H14O5. The molecule has 1 rings (SSSR count).